The maximum absolute atomic E-state index is 6.65. The molecular weight excluding hydrogens is 739 g/mol. The van der Waals surface area contributed by atoms with Crippen LogP contribution in [0.4, 0.5) is 0 Å². The average Bonchev–Trinajstić information content (AvgIpc) is 3.93. The first kappa shape index (κ1) is 34.2. The number of nitrogens with zero attached hydrogens (tertiary/aromatic N) is 1. The SMILES string of the molecule is CC1(C)c2ccccc2-c2ccc3cc4ccc(-n5c6ccccc6c6cc(-c7ccc8oc9c(-c%10cccc(-c%11ccccc%11)c%10)cccc9c8c7)ccc65)cc4cc3c21. The van der Waals surface area contributed by atoms with Crippen LogP contribution in [0, 0.1) is 0 Å². The minimum absolute atomic E-state index is 0.0746. The van der Waals surface area contributed by atoms with Crippen molar-refractivity contribution in [1.82, 2.24) is 4.57 Å². The fourth-order valence-electron chi connectivity index (χ4n) is 10.6. The molecule has 286 valence electrons. The van der Waals surface area contributed by atoms with Gasteiger partial charge in [-0.15, -0.1) is 0 Å². The van der Waals surface area contributed by atoms with Gasteiger partial charge in [0.2, 0.25) is 0 Å². The second-order valence-electron chi connectivity index (χ2n) is 17.3. The van der Waals surface area contributed by atoms with Crippen LogP contribution in [0.15, 0.2) is 205 Å². The van der Waals surface area contributed by atoms with E-state index in [2.05, 4.69) is 219 Å². The molecule has 0 amide bonds. The summed E-state index contributed by atoms with van der Waals surface area (Å²) in [6.45, 7) is 4.76. The van der Waals surface area contributed by atoms with E-state index in [4.69, 9.17) is 4.42 Å². The summed E-state index contributed by atoms with van der Waals surface area (Å²) in [6.07, 6.45) is 0. The molecule has 2 aromatic heterocycles. The zero-order valence-corrected chi connectivity index (χ0v) is 33.9. The first-order valence-electron chi connectivity index (χ1n) is 21.2. The predicted octanol–water partition coefficient (Wildman–Crippen LogP) is 16.3. The zero-order chi connectivity index (χ0) is 40.4. The summed E-state index contributed by atoms with van der Waals surface area (Å²) in [5.41, 5.74) is 17.8. The van der Waals surface area contributed by atoms with Crippen molar-refractivity contribution >= 4 is 65.3 Å². The molecule has 0 N–H and O–H groups in total. The molecule has 1 aliphatic rings. The molecule has 0 unspecified atom stereocenters. The summed E-state index contributed by atoms with van der Waals surface area (Å²) in [7, 11) is 0. The van der Waals surface area contributed by atoms with Crippen molar-refractivity contribution < 1.29 is 4.42 Å². The van der Waals surface area contributed by atoms with Crippen molar-refractivity contribution in [1.29, 1.82) is 0 Å². The van der Waals surface area contributed by atoms with Gasteiger partial charge >= 0.3 is 0 Å². The molecular formula is C59H39NO. The van der Waals surface area contributed by atoms with Crippen molar-refractivity contribution in [3.8, 4) is 50.2 Å². The Morgan fingerprint density at radius 2 is 1.07 bits per heavy atom. The molecule has 0 aliphatic heterocycles. The highest BCUT2D eigenvalue weighted by molar-refractivity contribution is 6.13. The largest absolute Gasteiger partial charge is 0.455 e. The third-order valence-electron chi connectivity index (χ3n) is 13.5. The normalized spacial score (nSPS) is 13.2. The lowest BCUT2D eigenvalue weighted by Gasteiger charge is -2.23. The number of furan rings is 1. The number of benzene rings is 10. The summed E-state index contributed by atoms with van der Waals surface area (Å²) in [5, 5.41) is 9.86. The van der Waals surface area contributed by atoms with Gasteiger partial charge in [0.25, 0.3) is 0 Å². The smallest absolute Gasteiger partial charge is 0.143 e. The van der Waals surface area contributed by atoms with E-state index in [9.17, 15) is 0 Å². The van der Waals surface area contributed by atoms with Gasteiger partial charge in [0.15, 0.2) is 0 Å². The Hall–Kier alpha value is -7.68. The van der Waals surface area contributed by atoms with Crippen LogP contribution in [-0.4, -0.2) is 4.57 Å². The molecule has 61 heavy (non-hydrogen) atoms. The van der Waals surface area contributed by atoms with Gasteiger partial charge in [0.1, 0.15) is 11.2 Å². The molecule has 0 bridgehead atoms. The average molecular weight is 778 g/mol. The van der Waals surface area contributed by atoms with Crippen LogP contribution >= 0.6 is 0 Å². The second-order valence-corrected chi connectivity index (χ2v) is 17.3. The summed E-state index contributed by atoms with van der Waals surface area (Å²) in [4.78, 5) is 0. The molecule has 1 aliphatic carbocycles. The summed E-state index contributed by atoms with van der Waals surface area (Å²) >= 11 is 0. The molecule has 0 atom stereocenters. The van der Waals surface area contributed by atoms with Crippen molar-refractivity contribution in [2.45, 2.75) is 19.3 Å². The zero-order valence-electron chi connectivity index (χ0n) is 33.9. The van der Waals surface area contributed by atoms with Crippen LogP contribution in [0.5, 0.6) is 0 Å². The predicted molar refractivity (Wildman–Crippen MR) is 257 cm³/mol. The van der Waals surface area contributed by atoms with Crippen LogP contribution in [0.3, 0.4) is 0 Å². The topological polar surface area (TPSA) is 18.1 Å². The highest BCUT2D eigenvalue weighted by atomic mass is 16.3. The van der Waals surface area contributed by atoms with Gasteiger partial charge in [0, 0.05) is 38.2 Å². The lowest BCUT2D eigenvalue weighted by atomic mass is 9.80. The first-order valence-corrected chi connectivity index (χ1v) is 21.2. The minimum atomic E-state index is -0.0746. The van der Waals surface area contributed by atoms with Gasteiger partial charge in [-0.3, -0.25) is 0 Å². The Morgan fingerprint density at radius 3 is 1.98 bits per heavy atom. The summed E-state index contributed by atoms with van der Waals surface area (Å²) in [5.74, 6) is 0. The minimum Gasteiger partial charge on any atom is -0.455 e. The molecule has 10 aromatic carbocycles. The monoisotopic (exact) mass is 777 g/mol. The maximum Gasteiger partial charge on any atom is 0.143 e. The fourth-order valence-corrected chi connectivity index (χ4v) is 10.6. The van der Waals surface area contributed by atoms with Gasteiger partial charge in [-0.25, -0.2) is 0 Å². The van der Waals surface area contributed by atoms with Crippen LogP contribution in [0.25, 0.3) is 115 Å². The van der Waals surface area contributed by atoms with Crippen LogP contribution in [0.1, 0.15) is 25.0 Å². The number of hydrogen-bond donors (Lipinski definition) is 0. The third-order valence-corrected chi connectivity index (χ3v) is 13.5. The Bertz CT molecular complexity index is 3790. The molecule has 0 radical (unpaired) electrons. The fraction of sp³-hybridized carbons (Fsp3) is 0.0508. The lowest BCUT2D eigenvalue weighted by molar-refractivity contribution is 0.666. The lowest BCUT2D eigenvalue weighted by Crippen LogP contribution is -2.15. The van der Waals surface area contributed by atoms with Crippen molar-refractivity contribution in [2.24, 2.45) is 0 Å². The molecule has 13 rings (SSSR count). The molecule has 0 spiro atoms. The standard InChI is InChI=1S/C59H39NO/c1-59(2)53-20-8-6-16-46(53)48-27-23-42-31-38-22-26-44(32-43(38)35-50(42)57(48)59)60-54-21-9-7-17-47(54)51-33-39(24-28-55(51)60)40-25-29-56-52(34-40)49-19-11-18-45(58(49)61-56)41-15-10-14-37(30-41)36-12-4-3-5-13-36/h3-35H,1-2H3. The van der Waals surface area contributed by atoms with Crippen molar-refractivity contribution in [2.75, 3.05) is 0 Å². The van der Waals surface area contributed by atoms with E-state index in [1.165, 1.54) is 87.9 Å². The van der Waals surface area contributed by atoms with Crippen molar-refractivity contribution in [3.63, 3.8) is 0 Å². The molecule has 0 saturated carbocycles. The molecule has 12 aromatic rings. The van der Waals surface area contributed by atoms with E-state index in [1.807, 2.05) is 0 Å². The summed E-state index contributed by atoms with van der Waals surface area (Å²) < 4.78 is 9.09. The Labute approximate surface area is 353 Å². The Morgan fingerprint density at radius 1 is 0.377 bits per heavy atom. The van der Waals surface area contributed by atoms with Gasteiger partial charge < -0.3 is 8.98 Å². The maximum atomic E-state index is 6.65. The highest BCUT2D eigenvalue weighted by Gasteiger charge is 2.36. The molecule has 2 nitrogen and oxygen atoms in total. The Balaban J connectivity index is 0.923. The van der Waals surface area contributed by atoms with E-state index in [-0.39, 0.29) is 5.41 Å². The van der Waals surface area contributed by atoms with E-state index < -0.39 is 0 Å². The molecule has 2 heteroatoms. The quantitative estimate of drug-likeness (QED) is 0.163. The molecule has 0 fully saturated rings. The van der Waals surface area contributed by atoms with E-state index in [0.29, 0.717) is 0 Å². The number of para-hydroxylation sites is 2. The van der Waals surface area contributed by atoms with E-state index in [0.717, 1.165) is 38.8 Å². The van der Waals surface area contributed by atoms with E-state index in [1.54, 1.807) is 0 Å². The van der Waals surface area contributed by atoms with Gasteiger partial charge in [-0.2, -0.15) is 0 Å². The van der Waals surface area contributed by atoms with Crippen LogP contribution < -0.4 is 0 Å². The molecule has 0 saturated heterocycles. The number of hydrogen-bond acceptors (Lipinski definition) is 1. The van der Waals surface area contributed by atoms with Gasteiger partial charge in [-0.1, -0.05) is 153 Å². The summed E-state index contributed by atoms with van der Waals surface area (Å²) in [6, 6.07) is 73.5. The first-order chi connectivity index (χ1) is 30.0. The number of fused-ring (bicyclic) bond motifs is 12. The van der Waals surface area contributed by atoms with Gasteiger partial charge in [0.05, 0.1) is 11.0 Å². The van der Waals surface area contributed by atoms with Crippen LogP contribution in [-0.2, 0) is 5.41 Å². The van der Waals surface area contributed by atoms with E-state index >= 15 is 0 Å². The number of aromatic nitrogens is 1. The Kier molecular flexibility index (Phi) is 7.10. The second kappa shape index (κ2) is 12.7. The van der Waals surface area contributed by atoms with Crippen molar-refractivity contribution in [3.05, 3.63) is 211 Å². The number of rotatable bonds is 4. The third kappa shape index (κ3) is 5.03. The highest BCUT2D eigenvalue weighted by Crippen LogP contribution is 2.52. The molecule has 2 heterocycles. The van der Waals surface area contributed by atoms with Crippen LogP contribution in [0.2, 0.25) is 0 Å². The van der Waals surface area contributed by atoms with Gasteiger partial charge in [-0.05, 0) is 132 Å².